The zero-order valence-electron chi connectivity index (χ0n) is 14.8. The fraction of sp³-hybridized carbons (Fsp3) is 0.278. The fourth-order valence-corrected chi connectivity index (χ4v) is 3.31. The summed E-state index contributed by atoms with van der Waals surface area (Å²) in [5.41, 5.74) is 0.304. The van der Waals surface area contributed by atoms with Gasteiger partial charge in [0.15, 0.2) is 0 Å². The summed E-state index contributed by atoms with van der Waals surface area (Å²) < 4.78 is 31.1. The van der Waals surface area contributed by atoms with Crippen molar-refractivity contribution in [2.75, 3.05) is 34.3 Å². The van der Waals surface area contributed by atoms with E-state index < -0.39 is 10.0 Å². The molecule has 0 atom stereocenters. The van der Waals surface area contributed by atoms with Crippen molar-refractivity contribution < 1.29 is 17.9 Å². The highest BCUT2D eigenvalue weighted by Gasteiger charge is 2.20. The first kappa shape index (κ1) is 20.2. The van der Waals surface area contributed by atoms with Gasteiger partial charge in [-0.15, -0.1) is 0 Å². The standard InChI is InChI=1S/C18H21ClN2O4S/c1-20(2)26(23,24)17-9-4-6-14(12-17)18(22)21(3)10-11-25-16-8-5-7-15(19)13-16/h4-9,12-13H,10-11H2,1-3H3. The van der Waals surface area contributed by atoms with Gasteiger partial charge in [0.2, 0.25) is 10.0 Å². The Morgan fingerprint density at radius 1 is 1.08 bits per heavy atom. The summed E-state index contributed by atoms with van der Waals surface area (Å²) in [5.74, 6) is 0.341. The summed E-state index contributed by atoms with van der Waals surface area (Å²) in [5, 5.41) is 0.575. The van der Waals surface area contributed by atoms with E-state index in [1.54, 1.807) is 43.4 Å². The normalized spacial score (nSPS) is 11.4. The van der Waals surface area contributed by atoms with Crippen molar-refractivity contribution in [1.29, 1.82) is 0 Å². The van der Waals surface area contributed by atoms with E-state index >= 15 is 0 Å². The zero-order valence-corrected chi connectivity index (χ0v) is 16.4. The van der Waals surface area contributed by atoms with E-state index in [2.05, 4.69) is 0 Å². The number of carbonyl (C=O) groups is 1. The average molecular weight is 397 g/mol. The second kappa shape index (κ2) is 8.53. The Balaban J connectivity index is 2.02. The molecular weight excluding hydrogens is 376 g/mol. The monoisotopic (exact) mass is 396 g/mol. The van der Waals surface area contributed by atoms with Crippen LogP contribution in [0.15, 0.2) is 53.4 Å². The molecule has 8 heteroatoms. The van der Waals surface area contributed by atoms with Gasteiger partial charge < -0.3 is 9.64 Å². The molecule has 1 amide bonds. The number of nitrogens with zero attached hydrogens (tertiary/aromatic N) is 2. The zero-order chi connectivity index (χ0) is 19.3. The first-order valence-electron chi connectivity index (χ1n) is 7.88. The van der Waals surface area contributed by atoms with Gasteiger partial charge in [0, 0.05) is 31.7 Å². The molecular formula is C18H21ClN2O4S. The Labute approximate surface area is 159 Å². The van der Waals surface area contributed by atoms with Crippen molar-refractivity contribution in [3.8, 4) is 5.75 Å². The van der Waals surface area contributed by atoms with E-state index in [0.29, 0.717) is 22.9 Å². The molecule has 2 rings (SSSR count). The molecule has 0 aromatic heterocycles. The van der Waals surface area contributed by atoms with Crippen molar-refractivity contribution in [3.63, 3.8) is 0 Å². The second-order valence-corrected chi connectivity index (χ2v) is 8.44. The molecule has 140 valence electrons. The molecule has 0 fully saturated rings. The van der Waals surface area contributed by atoms with Crippen LogP contribution in [0, 0.1) is 0 Å². The van der Waals surface area contributed by atoms with Gasteiger partial charge in [-0.2, -0.15) is 0 Å². The molecule has 0 radical (unpaired) electrons. The molecule has 0 aliphatic heterocycles. The maximum absolute atomic E-state index is 12.5. The number of halogens is 1. The number of sulfonamides is 1. The molecule has 0 aliphatic rings. The summed E-state index contributed by atoms with van der Waals surface area (Å²) in [6, 6.07) is 13.0. The molecule has 0 bridgehead atoms. The average Bonchev–Trinajstić information content (AvgIpc) is 2.61. The van der Waals surface area contributed by atoms with Crippen LogP contribution in [-0.2, 0) is 10.0 Å². The van der Waals surface area contributed by atoms with Crippen molar-refractivity contribution in [2.24, 2.45) is 0 Å². The molecule has 6 nitrogen and oxygen atoms in total. The van der Waals surface area contributed by atoms with Crippen LogP contribution in [0.5, 0.6) is 5.75 Å². The maximum Gasteiger partial charge on any atom is 0.253 e. The lowest BCUT2D eigenvalue weighted by molar-refractivity contribution is 0.0773. The lowest BCUT2D eigenvalue weighted by Crippen LogP contribution is -2.31. The Bertz CT molecular complexity index is 884. The summed E-state index contributed by atoms with van der Waals surface area (Å²) in [6.07, 6.45) is 0. The molecule has 0 N–H and O–H groups in total. The number of carbonyl (C=O) groups excluding carboxylic acids is 1. The summed E-state index contributed by atoms with van der Waals surface area (Å²) in [6.45, 7) is 0.633. The van der Waals surface area contributed by atoms with Gasteiger partial charge in [0.05, 0.1) is 11.4 Å². The SMILES string of the molecule is CN(CCOc1cccc(Cl)c1)C(=O)c1cccc(S(=O)(=O)N(C)C)c1. The maximum atomic E-state index is 12.5. The number of amides is 1. The van der Waals surface area contributed by atoms with Gasteiger partial charge >= 0.3 is 0 Å². The first-order valence-corrected chi connectivity index (χ1v) is 9.70. The minimum absolute atomic E-state index is 0.0805. The van der Waals surface area contributed by atoms with Crippen LogP contribution < -0.4 is 4.74 Å². The number of likely N-dealkylation sites (N-methyl/N-ethyl adjacent to an activating group) is 1. The first-order chi connectivity index (χ1) is 12.2. The lowest BCUT2D eigenvalue weighted by Gasteiger charge is -2.18. The highest BCUT2D eigenvalue weighted by Crippen LogP contribution is 2.18. The second-order valence-electron chi connectivity index (χ2n) is 5.85. The van der Waals surface area contributed by atoms with E-state index in [0.717, 1.165) is 4.31 Å². The highest BCUT2D eigenvalue weighted by molar-refractivity contribution is 7.89. The minimum Gasteiger partial charge on any atom is -0.492 e. The summed E-state index contributed by atoms with van der Waals surface area (Å²) in [4.78, 5) is 14.1. The number of rotatable bonds is 7. The predicted molar refractivity (Wildman–Crippen MR) is 101 cm³/mol. The van der Waals surface area contributed by atoms with E-state index in [1.165, 1.54) is 31.1 Å². The number of ether oxygens (including phenoxy) is 1. The van der Waals surface area contributed by atoms with Crippen LogP contribution in [0.4, 0.5) is 0 Å². The predicted octanol–water partition coefficient (Wildman–Crippen LogP) is 2.74. The molecule has 0 aliphatic carbocycles. The molecule has 26 heavy (non-hydrogen) atoms. The van der Waals surface area contributed by atoms with E-state index in [4.69, 9.17) is 16.3 Å². The number of benzene rings is 2. The van der Waals surface area contributed by atoms with Crippen molar-refractivity contribution in [2.45, 2.75) is 4.90 Å². The third kappa shape index (κ3) is 4.97. The quantitative estimate of drug-likeness (QED) is 0.721. The summed E-state index contributed by atoms with van der Waals surface area (Å²) in [7, 11) is 0.941. The van der Waals surface area contributed by atoms with Crippen molar-refractivity contribution >= 4 is 27.5 Å². The van der Waals surface area contributed by atoms with E-state index in [9.17, 15) is 13.2 Å². The lowest BCUT2D eigenvalue weighted by atomic mass is 10.2. The molecule has 0 heterocycles. The topological polar surface area (TPSA) is 66.9 Å². The van der Waals surface area contributed by atoms with Crippen molar-refractivity contribution in [1.82, 2.24) is 9.21 Å². The van der Waals surface area contributed by atoms with E-state index in [-0.39, 0.29) is 17.4 Å². The van der Waals surface area contributed by atoms with E-state index in [1.807, 2.05) is 0 Å². The molecule has 2 aromatic carbocycles. The van der Waals surface area contributed by atoms with Crippen LogP contribution in [0.2, 0.25) is 5.02 Å². The Morgan fingerprint density at radius 3 is 2.42 bits per heavy atom. The summed E-state index contributed by atoms with van der Waals surface area (Å²) >= 11 is 5.89. The Hall–Kier alpha value is -2.09. The largest absolute Gasteiger partial charge is 0.492 e. The Kier molecular flexibility index (Phi) is 6.63. The van der Waals surface area contributed by atoms with Crippen LogP contribution in [0.3, 0.4) is 0 Å². The van der Waals surface area contributed by atoms with Crippen LogP contribution in [0.25, 0.3) is 0 Å². The van der Waals surface area contributed by atoms with Gasteiger partial charge in [-0.25, -0.2) is 12.7 Å². The minimum atomic E-state index is -3.59. The van der Waals surface area contributed by atoms with Crippen LogP contribution in [-0.4, -0.2) is 57.8 Å². The van der Waals surface area contributed by atoms with Gasteiger partial charge in [-0.1, -0.05) is 23.7 Å². The number of hydrogen-bond acceptors (Lipinski definition) is 4. The molecule has 0 saturated heterocycles. The molecule has 0 unspecified atom stereocenters. The van der Waals surface area contributed by atoms with Gasteiger partial charge in [-0.05, 0) is 36.4 Å². The molecule has 2 aromatic rings. The van der Waals surface area contributed by atoms with Crippen LogP contribution in [0.1, 0.15) is 10.4 Å². The number of hydrogen-bond donors (Lipinski definition) is 0. The smallest absolute Gasteiger partial charge is 0.253 e. The van der Waals surface area contributed by atoms with Crippen LogP contribution >= 0.6 is 11.6 Å². The Morgan fingerprint density at radius 2 is 1.77 bits per heavy atom. The van der Waals surface area contributed by atoms with Crippen molar-refractivity contribution in [3.05, 3.63) is 59.1 Å². The third-order valence-corrected chi connectivity index (χ3v) is 5.74. The molecule has 0 spiro atoms. The third-order valence-electron chi connectivity index (χ3n) is 3.70. The fourth-order valence-electron chi connectivity index (χ4n) is 2.18. The van der Waals surface area contributed by atoms with Gasteiger partial charge in [0.1, 0.15) is 12.4 Å². The van der Waals surface area contributed by atoms with Gasteiger partial charge in [0.25, 0.3) is 5.91 Å². The molecule has 0 saturated carbocycles. The van der Waals surface area contributed by atoms with Gasteiger partial charge in [-0.3, -0.25) is 4.79 Å². The highest BCUT2D eigenvalue weighted by atomic mass is 35.5.